The Balaban J connectivity index is 1.33. The molecule has 0 spiro atoms. The number of aryl methyl sites for hydroxylation is 1. The quantitative estimate of drug-likeness (QED) is 0.182. The summed E-state index contributed by atoms with van der Waals surface area (Å²) >= 11 is 7.56. The molecule has 0 saturated carbocycles. The van der Waals surface area contributed by atoms with E-state index < -0.39 is 17.9 Å². The van der Waals surface area contributed by atoms with Crippen LogP contribution in [0, 0.1) is 0 Å². The maximum Gasteiger partial charge on any atom is 0.305 e. The monoisotopic (exact) mass is 602 g/mol. The number of H-pyrrole nitrogens is 1. The molecule has 0 radical (unpaired) electrons. The van der Waals surface area contributed by atoms with Crippen LogP contribution >= 0.6 is 22.9 Å². The lowest BCUT2D eigenvalue weighted by Gasteiger charge is -2.17. The number of carboxylic acid groups (broad SMARTS) is 1. The molecule has 0 aliphatic heterocycles. The Labute approximate surface area is 250 Å². The normalized spacial score (nSPS) is 11.8. The maximum atomic E-state index is 13.2. The van der Waals surface area contributed by atoms with Crippen LogP contribution in [-0.4, -0.2) is 58.6 Å². The summed E-state index contributed by atoms with van der Waals surface area (Å²) in [7, 11) is 0. The van der Waals surface area contributed by atoms with Crippen molar-refractivity contribution in [1.82, 2.24) is 40.9 Å². The number of carbonyl (C=O) groups is 2. The number of thiazole rings is 1. The van der Waals surface area contributed by atoms with Crippen molar-refractivity contribution in [2.45, 2.75) is 45.1 Å². The van der Waals surface area contributed by atoms with Gasteiger partial charge in [-0.3, -0.25) is 19.6 Å². The van der Waals surface area contributed by atoms with E-state index in [0.717, 1.165) is 39.4 Å². The standard InChI is InChI=1S/C29H27ClN8O3S/c1-2-7-23-25(13-19-15-32-24(16-31-19)20-9-4-5-10-21(20)27-35-37-38-36-27)42-29(34-23)28(41)33-18(14-26(39)40)12-17-8-3-6-11-22(17)30/h3-6,8-11,15-16,18H,2,7,12-14H2,1H3,(H,33,41)(H,39,40)(H,35,36,37,38). The second kappa shape index (κ2) is 13.4. The van der Waals surface area contributed by atoms with Gasteiger partial charge in [-0.1, -0.05) is 67.4 Å². The summed E-state index contributed by atoms with van der Waals surface area (Å²) in [5.74, 6) is -0.962. The van der Waals surface area contributed by atoms with Crippen molar-refractivity contribution in [2.75, 3.05) is 0 Å². The first-order valence-electron chi connectivity index (χ1n) is 13.3. The van der Waals surface area contributed by atoms with Crippen LogP contribution in [0.3, 0.4) is 0 Å². The Hall–Kier alpha value is -4.55. The van der Waals surface area contributed by atoms with E-state index in [1.54, 1.807) is 24.5 Å². The van der Waals surface area contributed by atoms with Gasteiger partial charge < -0.3 is 10.4 Å². The van der Waals surface area contributed by atoms with Gasteiger partial charge in [-0.05, 0) is 29.7 Å². The van der Waals surface area contributed by atoms with Crippen molar-refractivity contribution in [3.8, 4) is 22.6 Å². The first kappa shape index (κ1) is 29.0. The first-order chi connectivity index (χ1) is 20.4. The predicted molar refractivity (Wildman–Crippen MR) is 158 cm³/mol. The summed E-state index contributed by atoms with van der Waals surface area (Å²) in [5, 5.41) is 27.4. The van der Waals surface area contributed by atoms with Crippen LogP contribution in [0.1, 0.15) is 51.4 Å². The minimum atomic E-state index is -1.01. The zero-order valence-electron chi connectivity index (χ0n) is 22.6. The molecule has 5 rings (SSSR count). The fourth-order valence-corrected chi connectivity index (χ4v) is 5.78. The van der Waals surface area contributed by atoms with Crippen LogP contribution in [0.25, 0.3) is 22.6 Å². The molecule has 11 nitrogen and oxygen atoms in total. The number of nitrogens with zero attached hydrogens (tertiary/aromatic N) is 6. The molecule has 0 bridgehead atoms. The van der Waals surface area contributed by atoms with E-state index in [1.807, 2.05) is 43.3 Å². The number of carboxylic acids is 1. The highest BCUT2D eigenvalue weighted by Gasteiger charge is 2.23. The van der Waals surface area contributed by atoms with Crippen LogP contribution in [-0.2, 0) is 24.1 Å². The van der Waals surface area contributed by atoms with E-state index in [-0.39, 0.29) is 17.8 Å². The van der Waals surface area contributed by atoms with Crippen molar-refractivity contribution in [2.24, 2.45) is 0 Å². The summed E-state index contributed by atoms with van der Waals surface area (Å²) in [6.07, 6.45) is 5.46. The van der Waals surface area contributed by atoms with E-state index in [4.69, 9.17) is 11.6 Å². The van der Waals surface area contributed by atoms with Gasteiger partial charge in [0.05, 0.1) is 29.7 Å². The van der Waals surface area contributed by atoms with Crippen LogP contribution in [0.5, 0.6) is 0 Å². The van der Waals surface area contributed by atoms with Gasteiger partial charge in [0, 0.05) is 39.7 Å². The SMILES string of the molecule is CCCc1nc(C(=O)NC(CC(=O)O)Cc2ccccc2Cl)sc1Cc1cnc(-c2ccccc2-c2nn[nH]n2)cn1. The van der Waals surface area contributed by atoms with Crippen LogP contribution < -0.4 is 5.32 Å². The van der Waals surface area contributed by atoms with Gasteiger partial charge in [0.25, 0.3) is 5.91 Å². The summed E-state index contributed by atoms with van der Waals surface area (Å²) in [6, 6.07) is 14.2. The fraction of sp³-hybridized carbons (Fsp3) is 0.241. The van der Waals surface area contributed by atoms with E-state index in [2.05, 4.69) is 40.9 Å². The largest absolute Gasteiger partial charge is 0.481 e. The first-order valence-corrected chi connectivity index (χ1v) is 14.5. The highest BCUT2D eigenvalue weighted by molar-refractivity contribution is 7.13. The van der Waals surface area contributed by atoms with E-state index in [0.29, 0.717) is 29.4 Å². The van der Waals surface area contributed by atoms with Gasteiger partial charge in [-0.25, -0.2) is 4.98 Å². The Morgan fingerprint density at radius 1 is 1.07 bits per heavy atom. The molecule has 3 aromatic heterocycles. The molecule has 5 aromatic rings. The molecule has 3 heterocycles. The number of nitrogens with one attached hydrogen (secondary N) is 2. The smallest absolute Gasteiger partial charge is 0.305 e. The summed E-state index contributed by atoms with van der Waals surface area (Å²) < 4.78 is 0. The highest BCUT2D eigenvalue weighted by atomic mass is 35.5. The van der Waals surface area contributed by atoms with Crippen molar-refractivity contribution >= 4 is 34.8 Å². The minimum absolute atomic E-state index is 0.241. The predicted octanol–water partition coefficient (Wildman–Crippen LogP) is 4.79. The third kappa shape index (κ3) is 7.01. The zero-order valence-corrected chi connectivity index (χ0v) is 24.2. The third-order valence-electron chi connectivity index (χ3n) is 6.48. The molecular formula is C29H27ClN8O3S. The number of hydrogen-bond donors (Lipinski definition) is 3. The number of carbonyl (C=O) groups excluding carboxylic acids is 1. The number of aliphatic carboxylic acids is 1. The molecule has 42 heavy (non-hydrogen) atoms. The average molecular weight is 603 g/mol. The van der Waals surface area contributed by atoms with Crippen LogP contribution in [0.2, 0.25) is 5.02 Å². The number of hydrogen-bond acceptors (Lipinski definition) is 9. The molecule has 2 aromatic carbocycles. The number of benzene rings is 2. The average Bonchev–Trinajstić information content (AvgIpc) is 3.66. The van der Waals surface area contributed by atoms with Gasteiger partial charge in [0.15, 0.2) is 5.01 Å². The van der Waals surface area contributed by atoms with Crippen molar-refractivity contribution < 1.29 is 14.7 Å². The molecule has 214 valence electrons. The second-order valence-electron chi connectivity index (χ2n) is 9.55. The molecule has 0 saturated heterocycles. The molecule has 0 aliphatic carbocycles. The molecule has 1 unspecified atom stereocenters. The number of halogens is 1. The number of rotatable bonds is 12. The van der Waals surface area contributed by atoms with Gasteiger partial charge >= 0.3 is 5.97 Å². The van der Waals surface area contributed by atoms with E-state index in [1.165, 1.54) is 11.3 Å². The van der Waals surface area contributed by atoms with Gasteiger partial charge in [0.1, 0.15) is 0 Å². The lowest BCUT2D eigenvalue weighted by atomic mass is 10.0. The molecule has 0 fully saturated rings. The van der Waals surface area contributed by atoms with E-state index in [9.17, 15) is 14.7 Å². The van der Waals surface area contributed by atoms with E-state index >= 15 is 0 Å². The van der Waals surface area contributed by atoms with Crippen LogP contribution in [0.4, 0.5) is 0 Å². The Morgan fingerprint density at radius 2 is 1.86 bits per heavy atom. The fourth-order valence-electron chi connectivity index (χ4n) is 4.54. The zero-order chi connectivity index (χ0) is 29.5. The number of amides is 1. The molecule has 1 amide bonds. The number of aromatic amines is 1. The molecule has 0 aliphatic rings. The third-order valence-corrected chi connectivity index (χ3v) is 7.94. The minimum Gasteiger partial charge on any atom is -0.481 e. The Morgan fingerprint density at radius 3 is 2.55 bits per heavy atom. The molecule has 13 heteroatoms. The summed E-state index contributed by atoms with van der Waals surface area (Å²) in [5.41, 5.74) is 4.59. The Kier molecular flexibility index (Phi) is 9.25. The lowest BCUT2D eigenvalue weighted by Crippen LogP contribution is -2.38. The second-order valence-corrected chi connectivity index (χ2v) is 11.0. The molecular weight excluding hydrogens is 576 g/mol. The van der Waals surface area contributed by atoms with Gasteiger partial charge in [-0.15, -0.1) is 21.5 Å². The van der Waals surface area contributed by atoms with Crippen molar-refractivity contribution in [3.63, 3.8) is 0 Å². The Bertz CT molecular complexity index is 1670. The molecule has 3 N–H and O–H groups in total. The van der Waals surface area contributed by atoms with Gasteiger partial charge in [-0.2, -0.15) is 5.21 Å². The summed E-state index contributed by atoms with van der Waals surface area (Å²) in [6.45, 7) is 2.05. The van der Waals surface area contributed by atoms with Crippen LogP contribution in [0.15, 0.2) is 60.9 Å². The lowest BCUT2D eigenvalue weighted by molar-refractivity contribution is -0.137. The highest BCUT2D eigenvalue weighted by Crippen LogP contribution is 2.29. The number of aromatic nitrogens is 7. The maximum absolute atomic E-state index is 13.2. The van der Waals surface area contributed by atoms with Crippen molar-refractivity contribution in [1.29, 1.82) is 0 Å². The van der Waals surface area contributed by atoms with Gasteiger partial charge in [0.2, 0.25) is 5.82 Å². The topological polar surface area (TPSA) is 160 Å². The number of tetrazole rings is 1. The van der Waals surface area contributed by atoms with Crippen molar-refractivity contribution in [3.05, 3.63) is 92.8 Å². The summed E-state index contributed by atoms with van der Waals surface area (Å²) in [4.78, 5) is 39.6. The molecule has 1 atom stereocenters.